The van der Waals surface area contributed by atoms with E-state index in [0.717, 1.165) is 0 Å². The van der Waals surface area contributed by atoms with E-state index in [1.165, 1.54) is 18.2 Å². The van der Waals surface area contributed by atoms with Crippen LogP contribution in [0.15, 0.2) is 46.8 Å². The molecule has 9 nitrogen and oxygen atoms in total. The van der Waals surface area contributed by atoms with Crippen molar-refractivity contribution in [3.05, 3.63) is 56.9 Å². The van der Waals surface area contributed by atoms with Gasteiger partial charge in [-0.1, -0.05) is 6.07 Å². The maximum absolute atomic E-state index is 12.6. The summed E-state index contributed by atoms with van der Waals surface area (Å²) >= 11 is 0. The lowest BCUT2D eigenvalue weighted by Crippen LogP contribution is -2.31. The van der Waals surface area contributed by atoms with Gasteiger partial charge in [-0.15, -0.1) is 0 Å². The number of hydrogen-bond acceptors (Lipinski definition) is 8. The molecule has 0 atom stereocenters. The number of hydrogen-bond donors (Lipinski definition) is 0. The number of carbonyl (C=O) groups excluding carboxylic acids is 2. The fourth-order valence-corrected chi connectivity index (χ4v) is 3.02. The van der Waals surface area contributed by atoms with Gasteiger partial charge in [-0.05, 0) is 26.8 Å². The highest BCUT2D eigenvalue weighted by Crippen LogP contribution is 2.36. The maximum Gasteiger partial charge on any atom is 0.336 e. The van der Waals surface area contributed by atoms with E-state index < -0.39 is 16.9 Å². The van der Waals surface area contributed by atoms with Gasteiger partial charge in [0.15, 0.2) is 0 Å². The van der Waals surface area contributed by atoms with Gasteiger partial charge in [0.2, 0.25) is 0 Å². The summed E-state index contributed by atoms with van der Waals surface area (Å²) in [5, 5.41) is 19.8. The molecule has 0 unspecified atom stereocenters. The molecule has 1 aliphatic heterocycles. The lowest BCUT2D eigenvalue weighted by molar-refractivity contribution is -0.384. The van der Waals surface area contributed by atoms with Gasteiger partial charge in [0.05, 0.1) is 40.9 Å². The molecule has 2 rings (SSSR count). The van der Waals surface area contributed by atoms with Crippen molar-refractivity contribution in [3.8, 4) is 6.07 Å². The van der Waals surface area contributed by atoms with E-state index in [9.17, 15) is 19.7 Å². The topological polar surface area (TPSA) is 123 Å². The third-order valence-corrected chi connectivity index (χ3v) is 4.41. The standard InChI is InChI=1S/C20H21N3O6/c1-4-28-19(24)17-12-18(20(25)29-10-6-9-21)14(3)22(13(17)2)15-7-5-8-16(11-15)23(26)27/h5,7-8,11H,4,6,10,12H2,1-3H3. The smallest absolute Gasteiger partial charge is 0.336 e. The highest BCUT2D eigenvalue weighted by molar-refractivity contribution is 5.98. The first-order valence-corrected chi connectivity index (χ1v) is 8.97. The summed E-state index contributed by atoms with van der Waals surface area (Å²) in [7, 11) is 0. The van der Waals surface area contributed by atoms with Crippen LogP contribution in [0.4, 0.5) is 11.4 Å². The molecule has 0 saturated carbocycles. The van der Waals surface area contributed by atoms with E-state index in [1.807, 2.05) is 6.07 Å². The van der Waals surface area contributed by atoms with Gasteiger partial charge in [0, 0.05) is 29.9 Å². The van der Waals surface area contributed by atoms with E-state index in [-0.39, 0.29) is 42.9 Å². The zero-order chi connectivity index (χ0) is 21.6. The van der Waals surface area contributed by atoms with E-state index in [2.05, 4.69) is 0 Å². The molecule has 1 aromatic carbocycles. The number of non-ortho nitro benzene ring substituents is 1. The van der Waals surface area contributed by atoms with Crippen molar-refractivity contribution in [1.82, 2.24) is 0 Å². The minimum Gasteiger partial charge on any atom is -0.463 e. The summed E-state index contributed by atoms with van der Waals surface area (Å²) in [6.07, 6.45) is 0.0551. The Morgan fingerprint density at radius 1 is 1.21 bits per heavy atom. The molecule has 0 saturated heterocycles. The van der Waals surface area contributed by atoms with Crippen LogP contribution in [0.2, 0.25) is 0 Å². The second kappa shape index (κ2) is 9.50. The van der Waals surface area contributed by atoms with Gasteiger partial charge in [0.25, 0.3) is 5.69 Å². The van der Waals surface area contributed by atoms with Crippen LogP contribution in [0.3, 0.4) is 0 Å². The number of carbonyl (C=O) groups is 2. The molecule has 0 N–H and O–H groups in total. The first-order chi connectivity index (χ1) is 13.8. The Morgan fingerprint density at radius 3 is 2.38 bits per heavy atom. The minimum atomic E-state index is -0.650. The molecule has 0 aliphatic carbocycles. The molecule has 0 bridgehead atoms. The average Bonchev–Trinajstić information content (AvgIpc) is 2.68. The Kier molecular flexibility index (Phi) is 7.09. The van der Waals surface area contributed by atoms with Crippen LogP contribution in [0, 0.1) is 21.4 Å². The molecule has 0 fully saturated rings. The van der Waals surface area contributed by atoms with E-state index >= 15 is 0 Å². The number of ether oxygens (including phenoxy) is 2. The highest BCUT2D eigenvalue weighted by Gasteiger charge is 2.32. The zero-order valence-electron chi connectivity index (χ0n) is 16.4. The molecule has 0 aromatic heterocycles. The van der Waals surface area contributed by atoms with Gasteiger partial charge in [-0.3, -0.25) is 10.1 Å². The SMILES string of the molecule is CCOC(=O)C1=C(C)N(c2cccc([N+](=O)[O-])c2)C(C)=C(C(=O)OCCC#N)C1. The average molecular weight is 399 g/mol. The van der Waals surface area contributed by atoms with Gasteiger partial charge >= 0.3 is 11.9 Å². The number of nitrogens with zero attached hydrogens (tertiary/aromatic N) is 3. The van der Waals surface area contributed by atoms with Crippen LogP contribution < -0.4 is 4.90 Å². The summed E-state index contributed by atoms with van der Waals surface area (Å²) in [6, 6.07) is 7.78. The molecule has 0 spiro atoms. The van der Waals surface area contributed by atoms with E-state index in [4.69, 9.17) is 14.7 Å². The first-order valence-electron chi connectivity index (χ1n) is 8.97. The third-order valence-electron chi connectivity index (χ3n) is 4.41. The second-order valence-corrected chi connectivity index (χ2v) is 6.18. The van der Waals surface area contributed by atoms with Crippen LogP contribution >= 0.6 is 0 Å². The van der Waals surface area contributed by atoms with Crippen LogP contribution in [-0.2, 0) is 19.1 Å². The van der Waals surface area contributed by atoms with Crippen molar-refractivity contribution in [1.29, 1.82) is 5.26 Å². The van der Waals surface area contributed by atoms with Gasteiger partial charge in [0.1, 0.15) is 6.61 Å². The molecule has 0 amide bonds. The fourth-order valence-electron chi connectivity index (χ4n) is 3.02. The lowest BCUT2D eigenvalue weighted by atomic mass is 9.95. The highest BCUT2D eigenvalue weighted by atomic mass is 16.6. The Morgan fingerprint density at radius 2 is 1.83 bits per heavy atom. The normalized spacial score (nSPS) is 13.8. The quantitative estimate of drug-likeness (QED) is 0.296. The predicted octanol–water partition coefficient (Wildman–Crippen LogP) is 3.37. The number of anilines is 1. The Hall–Kier alpha value is -3.67. The van der Waals surface area contributed by atoms with Gasteiger partial charge in [-0.2, -0.15) is 5.26 Å². The molecule has 1 aliphatic rings. The van der Waals surface area contributed by atoms with Crippen molar-refractivity contribution in [2.24, 2.45) is 0 Å². The molecule has 29 heavy (non-hydrogen) atoms. The molecule has 1 aromatic rings. The number of nitriles is 1. The molecular formula is C20H21N3O6. The second-order valence-electron chi connectivity index (χ2n) is 6.18. The molecule has 152 valence electrons. The van der Waals surface area contributed by atoms with E-state index in [0.29, 0.717) is 17.1 Å². The Balaban J connectivity index is 2.55. The predicted molar refractivity (Wildman–Crippen MR) is 103 cm³/mol. The summed E-state index contributed by atoms with van der Waals surface area (Å²) in [6.45, 7) is 5.13. The van der Waals surface area contributed by atoms with Crippen LogP contribution in [0.1, 0.15) is 33.6 Å². The third kappa shape index (κ3) is 4.79. The van der Waals surface area contributed by atoms with Crippen LogP contribution in [-0.4, -0.2) is 30.1 Å². The zero-order valence-corrected chi connectivity index (χ0v) is 16.4. The van der Waals surface area contributed by atoms with Gasteiger partial charge in [-0.25, -0.2) is 9.59 Å². The number of nitro groups is 1. The van der Waals surface area contributed by atoms with Crippen molar-refractivity contribution >= 4 is 23.3 Å². The molecule has 9 heteroatoms. The molecule has 1 heterocycles. The van der Waals surface area contributed by atoms with Crippen LogP contribution in [0.5, 0.6) is 0 Å². The van der Waals surface area contributed by atoms with Crippen molar-refractivity contribution in [3.63, 3.8) is 0 Å². The summed E-state index contributed by atoms with van der Waals surface area (Å²) in [5.74, 6) is -1.22. The van der Waals surface area contributed by atoms with Crippen LogP contribution in [0.25, 0.3) is 0 Å². The molecule has 0 radical (unpaired) electrons. The number of rotatable bonds is 7. The Bertz CT molecular complexity index is 942. The van der Waals surface area contributed by atoms with Crippen molar-refractivity contribution in [2.45, 2.75) is 33.6 Å². The summed E-state index contributed by atoms with van der Waals surface area (Å²) < 4.78 is 10.2. The van der Waals surface area contributed by atoms with Gasteiger partial charge < -0.3 is 14.4 Å². The number of benzene rings is 1. The first kappa shape index (κ1) is 21.6. The minimum absolute atomic E-state index is 0.00726. The van der Waals surface area contributed by atoms with E-state index in [1.54, 1.807) is 31.7 Å². The Labute approximate surface area is 168 Å². The maximum atomic E-state index is 12.6. The summed E-state index contributed by atoms with van der Waals surface area (Å²) in [4.78, 5) is 37.3. The van der Waals surface area contributed by atoms with Crippen molar-refractivity contribution in [2.75, 3.05) is 18.1 Å². The number of nitro benzene ring substituents is 1. The molecular weight excluding hydrogens is 378 g/mol. The summed E-state index contributed by atoms with van der Waals surface area (Å²) in [5.41, 5.74) is 1.79. The number of esters is 2. The largest absolute Gasteiger partial charge is 0.463 e. The lowest BCUT2D eigenvalue weighted by Gasteiger charge is -2.33. The van der Waals surface area contributed by atoms with Crippen molar-refractivity contribution < 1.29 is 24.0 Å². The monoisotopic (exact) mass is 399 g/mol. The number of allylic oxidation sites excluding steroid dienone is 2. The fraction of sp³-hybridized carbons (Fsp3) is 0.350.